The molecular formula is C12H14IN3O4S. The van der Waals surface area contributed by atoms with Crippen molar-refractivity contribution < 1.29 is 17.7 Å². The van der Waals surface area contributed by atoms with Crippen LogP contribution < -0.4 is 12.6 Å². The van der Waals surface area contributed by atoms with Crippen molar-refractivity contribution in [2.24, 2.45) is 0 Å². The Kier molecular flexibility index (Phi) is 4.61. The first-order chi connectivity index (χ1) is 9.90. The van der Waals surface area contributed by atoms with Crippen LogP contribution in [0, 0.1) is 6.92 Å². The predicted molar refractivity (Wildman–Crippen MR) is 87.5 cm³/mol. The van der Waals surface area contributed by atoms with Gasteiger partial charge >= 0.3 is 0 Å². The monoisotopic (exact) mass is 423 g/mol. The first-order valence-corrected chi connectivity index (χ1v) is 8.39. The molecule has 0 spiro atoms. The number of sulfonamides is 1. The molecule has 0 aliphatic rings. The fourth-order valence-electron chi connectivity index (χ4n) is 1.69. The van der Waals surface area contributed by atoms with Gasteiger partial charge in [-0.25, -0.2) is 8.42 Å². The molecule has 0 saturated carbocycles. The molecule has 2 rings (SSSR count). The van der Waals surface area contributed by atoms with Crippen LogP contribution >= 0.6 is 22.9 Å². The van der Waals surface area contributed by atoms with Gasteiger partial charge in [0.2, 0.25) is 0 Å². The van der Waals surface area contributed by atoms with Gasteiger partial charge in [-0.05, 0) is 19.1 Å². The van der Waals surface area contributed by atoms with E-state index in [4.69, 9.17) is 9.26 Å². The van der Waals surface area contributed by atoms with Crippen molar-refractivity contribution in [1.29, 1.82) is 0 Å². The number of aromatic nitrogens is 1. The van der Waals surface area contributed by atoms with E-state index < -0.39 is 10.0 Å². The molecule has 0 fully saturated rings. The van der Waals surface area contributed by atoms with Crippen LogP contribution in [-0.4, -0.2) is 27.7 Å². The number of benzene rings is 1. The van der Waals surface area contributed by atoms with E-state index in [0.717, 1.165) is 4.31 Å². The van der Waals surface area contributed by atoms with E-state index in [1.54, 1.807) is 19.1 Å². The molecular weight excluding hydrogens is 409 g/mol. The number of nitrogens with zero attached hydrogens (tertiary/aromatic N) is 2. The highest BCUT2D eigenvalue weighted by atomic mass is 127. The SMILES string of the molecule is COc1cc(S(=O)(=O)N(C)c2cc(C)on2)ccc1NI. The molecule has 0 aliphatic carbocycles. The largest absolute Gasteiger partial charge is 0.495 e. The van der Waals surface area contributed by atoms with Gasteiger partial charge in [0.1, 0.15) is 11.5 Å². The number of halogens is 1. The Bertz CT molecular complexity index is 745. The highest BCUT2D eigenvalue weighted by Crippen LogP contribution is 2.30. The number of aryl methyl sites for hydroxylation is 1. The zero-order chi connectivity index (χ0) is 15.6. The Labute approximate surface area is 136 Å². The maximum Gasteiger partial charge on any atom is 0.265 e. The van der Waals surface area contributed by atoms with Gasteiger partial charge in [-0.15, -0.1) is 0 Å². The summed E-state index contributed by atoms with van der Waals surface area (Å²) >= 11 is 1.95. The van der Waals surface area contributed by atoms with Gasteiger partial charge in [0.25, 0.3) is 10.0 Å². The van der Waals surface area contributed by atoms with Crippen LogP contribution in [0.25, 0.3) is 0 Å². The molecule has 114 valence electrons. The normalized spacial score (nSPS) is 11.2. The summed E-state index contributed by atoms with van der Waals surface area (Å²) in [5, 5.41) is 3.71. The van der Waals surface area contributed by atoms with Crippen LogP contribution in [0.2, 0.25) is 0 Å². The van der Waals surface area contributed by atoms with Crippen LogP contribution in [0.3, 0.4) is 0 Å². The molecule has 1 aromatic heterocycles. The van der Waals surface area contributed by atoms with Crippen molar-refractivity contribution in [2.75, 3.05) is 22.0 Å². The highest BCUT2D eigenvalue weighted by Gasteiger charge is 2.24. The van der Waals surface area contributed by atoms with Gasteiger partial charge in [0.05, 0.1) is 40.6 Å². The smallest absolute Gasteiger partial charge is 0.265 e. The number of anilines is 2. The van der Waals surface area contributed by atoms with E-state index in [1.807, 2.05) is 22.9 Å². The fourth-order valence-corrected chi connectivity index (χ4v) is 3.28. The van der Waals surface area contributed by atoms with Crippen molar-refractivity contribution >= 4 is 44.4 Å². The lowest BCUT2D eigenvalue weighted by Gasteiger charge is -2.17. The second kappa shape index (κ2) is 6.10. The lowest BCUT2D eigenvalue weighted by Crippen LogP contribution is -2.26. The van der Waals surface area contributed by atoms with E-state index in [-0.39, 0.29) is 10.7 Å². The van der Waals surface area contributed by atoms with Gasteiger partial charge < -0.3 is 12.8 Å². The second-order valence-corrected chi connectivity index (χ2v) is 6.73. The van der Waals surface area contributed by atoms with E-state index >= 15 is 0 Å². The van der Waals surface area contributed by atoms with E-state index in [2.05, 4.69) is 8.69 Å². The number of rotatable bonds is 5. The van der Waals surface area contributed by atoms with Gasteiger partial charge in [0, 0.05) is 19.2 Å². The van der Waals surface area contributed by atoms with Crippen LogP contribution in [0.15, 0.2) is 33.7 Å². The summed E-state index contributed by atoms with van der Waals surface area (Å²) in [6.45, 7) is 1.70. The Morgan fingerprint density at radius 3 is 2.62 bits per heavy atom. The molecule has 0 unspecified atom stereocenters. The van der Waals surface area contributed by atoms with Gasteiger partial charge in [-0.3, -0.25) is 4.31 Å². The fraction of sp³-hybridized carbons (Fsp3) is 0.250. The molecule has 0 amide bonds. The minimum atomic E-state index is -3.74. The van der Waals surface area contributed by atoms with Crippen LogP contribution in [-0.2, 0) is 10.0 Å². The zero-order valence-electron chi connectivity index (χ0n) is 11.6. The minimum absolute atomic E-state index is 0.109. The lowest BCUT2D eigenvalue weighted by molar-refractivity contribution is 0.399. The summed E-state index contributed by atoms with van der Waals surface area (Å²) in [5.41, 5.74) is 0.692. The average Bonchev–Trinajstić information content (AvgIpc) is 2.91. The van der Waals surface area contributed by atoms with Gasteiger partial charge in [0.15, 0.2) is 5.82 Å². The van der Waals surface area contributed by atoms with Crippen molar-refractivity contribution in [1.82, 2.24) is 5.16 Å². The summed E-state index contributed by atoms with van der Waals surface area (Å²) in [7, 11) is -0.835. The third-order valence-corrected chi connectivity index (χ3v) is 5.21. The Morgan fingerprint density at radius 1 is 1.38 bits per heavy atom. The summed E-state index contributed by atoms with van der Waals surface area (Å²) in [6, 6.07) is 6.15. The van der Waals surface area contributed by atoms with Crippen LogP contribution in [0.4, 0.5) is 11.5 Å². The Hall–Kier alpha value is -1.49. The zero-order valence-corrected chi connectivity index (χ0v) is 14.6. The van der Waals surface area contributed by atoms with Gasteiger partial charge in [-0.2, -0.15) is 0 Å². The average molecular weight is 423 g/mol. The standard InChI is InChI=1S/C12H14IN3O4S/c1-8-6-12(15-20-8)16(2)21(17,18)9-4-5-10(14-13)11(7-9)19-3/h4-7,14H,1-3H3. The number of nitrogens with one attached hydrogen (secondary N) is 1. The van der Waals surface area contributed by atoms with E-state index in [1.165, 1.54) is 26.3 Å². The predicted octanol–water partition coefficient (Wildman–Crippen LogP) is 2.58. The molecule has 1 heterocycles. The Balaban J connectivity index is 2.44. The molecule has 0 saturated heterocycles. The number of hydrogen-bond acceptors (Lipinski definition) is 6. The number of ether oxygens (including phenoxy) is 1. The molecule has 21 heavy (non-hydrogen) atoms. The minimum Gasteiger partial charge on any atom is -0.495 e. The first kappa shape index (κ1) is 15.9. The molecule has 0 aliphatic heterocycles. The topological polar surface area (TPSA) is 84.7 Å². The van der Waals surface area contributed by atoms with Crippen LogP contribution in [0.1, 0.15) is 5.76 Å². The van der Waals surface area contributed by atoms with Crippen LogP contribution in [0.5, 0.6) is 5.75 Å². The van der Waals surface area contributed by atoms with Crippen molar-refractivity contribution in [3.05, 3.63) is 30.0 Å². The number of methoxy groups -OCH3 is 1. The molecule has 0 radical (unpaired) electrons. The highest BCUT2D eigenvalue weighted by molar-refractivity contribution is 14.1. The molecule has 1 aromatic carbocycles. The summed E-state index contributed by atoms with van der Waals surface area (Å²) in [4.78, 5) is 0.109. The third-order valence-electron chi connectivity index (χ3n) is 2.87. The summed E-state index contributed by atoms with van der Waals surface area (Å²) in [5.74, 6) is 1.20. The van der Waals surface area contributed by atoms with Crippen molar-refractivity contribution in [2.45, 2.75) is 11.8 Å². The second-order valence-electron chi connectivity index (χ2n) is 4.22. The maximum absolute atomic E-state index is 12.6. The van der Waals surface area contributed by atoms with E-state index in [0.29, 0.717) is 17.2 Å². The molecule has 0 atom stereocenters. The molecule has 7 nitrogen and oxygen atoms in total. The quantitative estimate of drug-likeness (QED) is 0.588. The third kappa shape index (κ3) is 3.07. The lowest BCUT2D eigenvalue weighted by atomic mass is 10.3. The summed E-state index contributed by atoms with van der Waals surface area (Å²) in [6.07, 6.45) is 0. The summed E-state index contributed by atoms with van der Waals surface area (Å²) < 4.78 is 39.2. The van der Waals surface area contributed by atoms with Crippen molar-refractivity contribution in [3.63, 3.8) is 0 Å². The van der Waals surface area contributed by atoms with E-state index in [9.17, 15) is 8.42 Å². The first-order valence-electron chi connectivity index (χ1n) is 5.87. The molecule has 1 N–H and O–H groups in total. The molecule has 9 heteroatoms. The van der Waals surface area contributed by atoms with Gasteiger partial charge in [-0.1, -0.05) is 5.16 Å². The maximum atomic E-state index is 12.6. The number of hydrogen-bond donors (Lipinski definition) is 1. The Morgan fingerprint density at radius 2 is 2.10 bits per heavy atom. The molecule has 2 aromatic rings. The van der Waals surface area contributed by atoms with Crippen molar-refractivity contribution in [3.8, 4) is 5.75 Å². The molecule has 0 bridgehead atoms.